The van der Waals surface area contributed by atoms with E-state index in [2.05, 4.69) is 45.5 Å². The van der Waals surface area contributed by atoms with Crippen molar-refractivity contribution in [3.63, 3.8) is 0 Å². The van der Waals surface area contributed by atoms with Gasteiger partial charge in [-0.15, -0.1) is 11.8 Å². The van der Waals surface area contributed by atoms with Gasteiger partial charge >= 0.3 is 5.97 Å². The van der Waals surface area contributed by atoms with Crippen LogP contribution in [0.25, 0.3) is 10.9 Å². The van der Waals surface area contributed by atoms with Gasteiger partial charge in [-0.1, -0.05) is 24.3 Å². The molecule has 2 aromatic carbocycles. The minimum atomic E-state index is -0.678. The predicted molar refractivity (Wildman–Crippen MR) is 149 cm³/mol. The van der Waals surface area contributed by atoms with Gasteiger partial charge in [0.05, 0.1) is 17.1 Å². The highest BCUT2D eigenvalue weighted by molar-refractivity contribution is 9.10. The third kappa shape index (κ3) is 6.06. The summed E-state index contributed by atoms with van der Waals surface area (Å²) in [4.78, 5) is 16.5. The third-order valence-electron chi connectivity index (χ3n) is 6.56. The molecule has 5 rings (SSSR count). The maximum Gasteiger partial charge on any atom is 0.303 e. The number of nitrogens with zero attached hydrogens (tertiary/aromatic N) is 1. The van der Waals surface area contributed by atoms with E-state index in [0.717, 1.165) is 45.3 Å². The molecule has 1 N–H and O–H groups in total. The van der Waals surface area contributed by atoms with E-state index in [1.165, 1.54) is 12.5 Å². The number of carbonyl (C=O) groups is 1. The number of methoxy groups -OCH3 is 1. The molecule has 0 radical (unpaired) electrons. The molecule has 0 aliphatic carbocycles. The van der Waals surface area contributed by atoms with E-state index in [1.807, 2.05) is 38.1 Å². The second-order valence-corrected chi connectivity index (χ2v) is 12.0. The quantitative estimate of drug-likeness (QED) is 0.318. The standard InChI is InChI=1S/C28H31BrN2O5S/c1-16(32)34-27-25-24(35-28(2,3)36-25)23(37-27)12-8-17-5-9-19-14-21(29)26(31-22(19)13-17)30-15-18-6-10-20(33-4)11-7-18/h5-7,9-11,13-14,23-25,27H,8,12,15H2,1-4H3,(H,30,31)/t23-,24-,25-,27?/m1/s1. The lowest BCUT2D eigenvalue weighted by Crippen LogP contribution is -2.31. The first-order valence-corrected chi connectivity index (χ1v) is 14.1. The molecule has 1 aromatic heterocycles. The number of rotatable bonds is 8. The van der Waals surface area contributed by atoms with E-state index < -0.39 is 5.79 Å². The van der Waals surface area contributed by atoms with Crippen molar-refractivity contribution >= 4 is 50.4 Å². The highest BCUT2D eigenvalue weighted by Gasteiger charge is 2.55. The van der Waals surface area contributed by atoms with E-state index >= 15 is 0 Å². The first kappa shape index (κ1) is 26.3. The summed E-state index contributed by atoms with van der Waals surface area (Å²) in [6.45, 7) is 5.91. The highest BCUT2D eigenvalue weighted by atomic mass is 79.9. The van der Waals surface area contributed by atoms with Crippen molar-refractivity contribution in [2.24, 2.45) is 0 Å². The Morgan fingerprint density at radius 2 is 1.84 bits per heavy atom. The average Bonchev–Trinajstić information content (AvgIpc) is 3.34. The van der Waals surface area contributed by atoms with Crippen molar-refractivity contribution in [3.05, 3.63) is 64.1 Å². The van der Waals surface area contributed by atoms with Crippen LogP contribution in [0.4, 0.5) is 5.82 Å². The van der Waals surface area contributed by atoms with Crippen molar-refractivity contribution in [2.75, 3.05) is 12.4 Å². The number of carbonyl (C=O) groups excluding carboxylic acids is 1. The van der Waals surface area contributed by atoms with Crippen molar-refractivity contribution < 1.29 is 23.7 Å². The van der Waals surface area contributed by atoms with Gasteiger partial charge in [0.1, 0.15) is 23.8 Å². The van der Waals surface area contributed by atoms with Crippen LogP contribution in [0.5, 0.6) is 5.75 Å². The summed E-state index contributed by atoms with van der Waals surface area (Å²) in [7, 11) is 1.66. The third-order valence-corrected chi connectivity index (χ3v) is 8.65. The molecule has 0 amide bonds. The molecular weight excluding hydrogens is 556 g/mol. The van der Waals surface area contributed by atoms with Gasteiger partial charge in [-0.05, 0) is 78.0 Å². The Morgan fingerprint density at radius 1 is 1.11 bits per heavy atom. The SMILES string of the molecule is COc1ccc(CNc2nc3cc(CC[C@H]4SC(OC(C)=O)[C@@H]5OC(C)(C)O[C@H]45)ccc3cc2Br)cc1. The fraction of sp³-hybridized carbons (Fsp3) is 0.429. The van der Waals surface area contributed by atoms with E-state index in [9.17, 15) is 4.79 Å². The molecule has 4 atom stereocenters. The van der Waals surface area contributed by atoms with Crippen LogP contribution >= 0.6 is 27.7 Å². The largest absolute Gasteiger partial charge is 0.497 e. The number of hydrogen-bond donors (Lipinski definition) is 1. The molecule has 37 heavy (non-hydrogen) atoms. The highest BCUT2D eigenvalue weighted by Crippen LogP contribution is 2.47. The maximum atomic E-state index is 11.6. The van der Waals surface area contributed by atoms with Gasteiger partial charge in [0.2, 0.25) is 0 Å². The van der Waals surface area contributed by atoms with Crippen LogP contribution in [0, 0.1) is 0 Å². The summed E-state index contributed by atoms with van der Waals surface area (Å²) in [5, 5.41) is 4.68. The van der Waals surface area contributed by atoms with E-state index in [4.69, 9.17) is 23.9 Å². The van der Waals surface area contributed by atoms with Crippen LogP contribution < -0.4 is 10.1 Å². The summed E-state index contributed by atoms with van der Waals surface area (Å²) in [6, 6.07) is 16.5. The second-order valence-electron chi connectivity index (χ2n) is 9.80. The molecular formula is C28H31BrN2O5S. The number of aromatic nitrogens is 1. The van der Waals surface area contributed by atoms with E-state index in [-0.39, 0.29) is 28.9 Å². The number of anilines is 1. The van der Waals surface area contributed by atoms with Gasteiger partial charge in [0, 0.05) is 24.1 Å². The Bertz CT molecular complexity index is 1290. The van der Waals surface area contributed by atoms with Crippen LogP contribution in [-0.2, 0) is 32.0 Å². The van der Waals surface area contributed by atoms with Crippen molar-refractivity contribution in [1.29, 1.82) is 0 Å². The molecule has 3 heterocycles. The van der Waals surface area contributed by atoms with Crippen LogP contribution in [0.1, 0.15) is 38.3 Å². The number of hydrogen-bond acceptors (Lipinski definition) is 8. The first-order chi connectivity index (χ1) is 17.7. The number of aryl methyl sites for hydroxylation is 1. The molecule has 1 unspecified atom stereocenters. The normalized spacial score (nSPS) is 24.1. The summed E-state index contributed by atoms with van der Waals surface area (Å²) in [5.74, 6) is 0.666. The molecule has 196 valence electrons. The number of halogens is 1. The van der Waals surface area contributed by atoms with Crippen LogP contribution in [-0.4, -0.2) is 46.7 Å². The molecule has 0 bridgehead atoms. The fourth-order valence-electron chi connectivity index (χ4n) is 4.84. The molecule has 3 aromatic rings. The minimum absolute atomic E-state index is 0.104. The second kappa shape index (κ2) is 10.8. The molecule has 2 aliphatic rings. The molecule has 2 fully saturated rings. The smallest absolute Gasteiger partial charge is 0.303 e. The van der Waals surface area contributed by atoms with Crippen LogP contribution in [0.15, 0.2) is 53.0 Å². The summed E-state index contributed by atoms with van der Waals surface area (Å²) in [5.41, 5.74) is 2.94. The van der Waals surface area contributed by atoms with Crippen LogP contribution in [0.3, 0.4) is 0 Å². The number of ether oxygens (including phenoxy) is 4. The minimum Gasteiger partial charge on any atom is -0.497 e. The Hall–Kier alpha value is -2.33. The van der Waals surface area contributed by atoms with Gasteiger partial charge in [0.25, 0.3) is 0 Å². The van der Waals surface area contributed by atoms with Gasteiger partial charge in [-0.2, -0.15) is 0 Å². The molecule has 0 spiro atoms. The molecule has 2 aliphatic heterocycles. The topological polar surface area (TPSA) is 78.9 Å². The van der Waals surface area contributed by atoms with Crippen molar-refractivity contribution in [3.8, 4) is 5.75 Å². The lowest BCUT2D eigenvalue weighted by molar-refractivity contribution is -0.162. The Balaban J connectivity index is 1.27. The Morgan fingerprint density at radius 3 is 2.57 bits per heavy atom. The number of benzene rings is 2. The Kier molecular flexibility index (Phi) is 7.68. The van der Waals surface area contributed by atoms with Gasteiger partial charge in [0.15, 0.2) is 11.2 Å². The number of thioether (sulfide) groups is 1. The lowest BCUT2D eigenvalue weighted by Gasteiger charge is -2.23. The summed E-state index contributed by atoms with van der Waals surface area (Å²) < 4.78 is 24.0. The van der Waals surface area contributed by atoms with Gasteiger partial charge < -0.3 is 24.3 Å². The van der Waals surface area contributed by atoms with Crippen molar-refractivity contribution in [2.45, 2.75) is 68.8 Å². The molecule has 0 saturated carbocycles. The van der Waals surface area contributed by atoms with Crippen molar-refractivity contribution in [1.82, 2.24) is 4.98 Å². The monoisotopic (exact) mass is 586 g/mol. The summed E-state index contributed by atoms with van der Waals surface area (Å²) >= 11 is 5.29. The molecule has 2 saturated heterocycles. The number of nitrogens with one attached hydrogen (secondary N) is 1. The first-order valence-electron chi connectivity index (χ1n) is 12.3. The zero-order valence-corrected chi connectivity index (χ0v) is 23.7. The van der Waals surface area contributed by atoms with E-state index in [0.29, 0.717) is 6.54 Å². The average molecular weight is 588 g/mol. The zero-order chi connectivity index (χ0) is 26.2. The number of esters is 1. The van der Waals surface area contributed by atoms with Crippen LogP contribution in [0.2, 0.25) is 0 Å². The maximum absolute atomic E-state index is 11.6. The lowest BCUT2D eigenvalue weighted by atomic mass is 10.0. The Labute approximate surface area is 229 Å². The van der Waals surface area contributed by atoms with Gasteiger partial charge in [-0.3, -0.25) is 4.79 Å². The number of fused-ring (bicyclic) bond motifs is 2. The molecule has 9 heteroatoms. The predicted octanol–water partition coefficient (Wildman–Crippen LogP) is 6.08. The number of pyridine rings is 1. The van der Waals surface area contributed by atoms with Gasteiger partial charge in [-0.25, -0.2) is 4.98 Å². The zero-order valence-electron chi connectivity index (χ0n) is 21.3. The molecule has 7 nitrogen and oxygen atoms in total. The fourth-order valence-corrected chi connectivity index (χ4v) is 6.83. The summed E-state index contributed by atoms with van der Waals surface area (Å²) in [6.07, 6.45) is 1.39. The van der Waals surface area contributed by atoms with E-state index in [1.54, 1.807) is 18.9 Å².